The third-order valence-corrected chi connectivity index (χ3v) is 19.2. The lowest BCUT2D eigenvalue weighted by Gasteiger charge is -2.21. The van der Waals surface area contributed by atoms with E-state index in [1.807, 2.05) is 0 Å². The van der Waals surface area contributed by atoms with Crippen molar-refractivity contribution >= 4 is 33.6 Å². The van der Waals surface area contributed by atoms with Gasteiger partial charge in [-0.2, -0.15) is 0 Å². The van der Waals surface area contributed by atoms with Crippen molar-refractivity contribution in [2.24, 2.45) is 0 Å². The van der Waals surface area contributed by atoms with Crippen molar-refractivity contribution in [3.63, 3.8) is 0 Å². The molecule has 5 atom stereocenters. The molecule has 0 rings (SSSR count). The fourth-order valence-corrected chi connectivity index (χ4v) is 12.5. The summed E-state index contributed by atoms with van der Waals surface area (Å²) in [4.78, 5) is 58.9. The largest absolute Gasteiger partial charge is 0.472 e. The number of aliphatic hydroxyl groups excluding tert-OH is 2. The van der Waals surface area contributed by atoms with Crippen LogP contribution in [0.4, 0.5) is 0 Å². The average Bonchev–Trinajstić information content (AvgIpc) is 0.900. The molecule has 111 heavy (non-hydrogen) atoms. The standard InChI is InChI=1S/C93H152O16P2/c1-4-7-10-13-16-19-22-25-28-31-34-36-38-40-42-43-45-47-48-50-53-55-58-61-64-67-70-73-76-79-91(96)103-82-88(94)83-105-110(99,100)106-84-89(95)85-107-111(101,102)108-87-90(109-93(98)81-78-75-72-69-66-63-60-57-52-33-30-27-24-21-18-15-12-9-6-3)86-104-92(97)80-77-74-71-68-65-62-59-56-54-51-49-46-44-41-39-37-35-32-29-26-23-20-17-14-11-8-5-2/h7-12,16-21,25-30,34-37,40-42,44-45,47,49,51-52,57,88-90,94-95H,4-6,13-15,22-24,31-33,38-39,43,46,48,50,53-56,58-87H2,1-3H3,(H,99,100)(H,101,102)/b10-7-,11-8-,12-9-,19-16-,20-17-,21-18-,28-25-,29-26-,30-27-,36-34-,37-35-,42-40-,44-41-,47-45-,51-49-,57-52-. The molecule has 0 amide bonds. The second-order valence-electron chi connectivity index (χ2n) is 27.8. The molecule has 0 aliphatic carbocycles. The zero-order chi connectivity index (χ0) is 80.8. The van der Waals surface area contributed by atoms with Crippen LogP contribution < -0.4 is 0 Å². The van der Waals surface area contributed by atoms with Crippen molar-refractivity contribution in [1.29, 1.82) is 0 Å². The monoisotopic (exact) mass is 1590 g/mol. The van der Waals surface area contributed by atoms with Crippen LogP contribution in [0.3, 0.4) is 0 Å². The molecule has 630 valence electrons. The van der Waals surface area contributed by atoms with E-state index < -0.39 is 91.5 Å². The average molecular weight is 1590 g/mol. The van der Waals surface area contributed by atoms with Gasteiger partial charge >= 0.3 is 33.6 Å². The SMILES string of the molecule is CC/C=C\C/C=C\C/C=C\C/C=C\C/C=C\C/C=C\CCCCCCCCCCCCC(=O)OCC(O)COP(=O)(O)OCC(O)COP(=O)(O)OCC(COC(=O)CCCCCCCCCC/C=C\C/C=C\C/C=C\C/C=C\C/C=C\C/C=C\CC)OC(=O)CCCCCCCC/C=C\C/C=C\C/C=C\C/C=C\CC. The smallest absolute Gasteiger partial charge is 0.463 e. The molecule has 4 N–H and O–H groups in total. The summed E-state index contributed by atoms with van der Waals surface area (Å²) in [6, 6.07) is 0. The lowest BCUT2D eigenvalue weighted by Crippen LogP contribution is -2.30. The quantitative estimate of drug-likeness (QED) is 0.0146. The van der Waals surface area contributed by atoms with Gasteiger partial charge in [0.05, 0.1) is 26.4 Å². The van der Waals surface area contributed by atoms with Gasteiger partial charge in [-0.05, 0) is 161 Å². The van der Waals surface area contributed by atoms with Gasteiger partial charge in [0.25, 0.3) is 0 Å². The summed E-state index contributed by atoms with van der Waals surface area (Å²) in [5.74, 6) is -1.61. The maximum absolute atomic E-state index is 13.0. The summed E-state index contributed by atoms with van der Waals surface area (Å²) in [6.45, 7) is 2.31. The van der Waals surface area contributed by atoms with E-state index >= 15 is 0 Å². The first kappa shape index (κ1) is 105. The Morgan fingerprint density at radius 3 is 0.712 bits per heavy atom. The number of phosphoric acid groups is 2. The maximum atomic E-state index is 13.0. The van der Waals surface area contributed by atoms with Gasteiger partial charge in [-0.3, -0.25) is 32.5 Å². The highest BCUT2D eigenvalue weighted by atomic mass is 31.2. The summed E-state index contributed by atoms with van der Waals surface area (Å²) in [5.41, 5.74) is 0. The third kappa shape index (κ3) is 85.1. The molecule has 0 saturated carbocycles. The highest BCUT2D eigenvalue weighted by molar-refractivity contribution is 7.47. The summed E-state index contributed by atoms with van der Waals surface area (Å²) in [7, 11) is -9.82. The van der Waals surface area contributed by atoms with Crippen LogP contribution in [0.2, 0.25) is 0 Å². The number of carbonyl (C=O) groups excluding carboxylic acids is 3. The molecular formula is C93H152O16P2. The summed E-state index contributed by atoms with van der Waals surface area (Å²) < 4.78 is 61.3. The predicted octanol–water partition coefficient (Wildman–Crippen LogP) is 25.9. The van der Waals surface area contributed by atoms with Crippen LogP contribution >= 0.6 is 15.6 Å². The minimum atomic E-state index is -4.95. The first-order chi connectivity index (χ1) is 54.2. The van der Waals surface area contributed by atoms with E-state index in [2.05, 4.69) is 215 Å². The van der Waals surface area contributed by atoms with Gasteiger partial charge in [0, 0.05) is 19.3 Å². The number of allylic oxidation sites excluding steroid dienone is 32. The van der Waals surface area contributed by atoms with Crippen molar-refractivity contribution in [2.75, 3.05) is 39.6 Å². The molecule has 0 aromatic carbocycles. The zero-order valence-electron chi connectivity index (χ0n) is 69.1. The van der Waals surface area contributed by atoms with Crippen LogP contribution in [-0.2, 0) is 55.8 Å². The number of phosphoric ester groups is 2. The molecule has 5 unspecified atom stereocenters. The molecule has 0 fully saturated rings. The molecule has 0 heterocycles. The highest BCUT2D eigenvalue weighted by Gasteiger charge is 2.29. The molecule has 0 saturated heterocycles. The Morgan fingerprint density at radius 1 is 0.252 bits per heavy atom. The Hall–Kier alpha value is -5.61. The van der Waals surface area contributed by atoms with Crippen LogP contribution in [-0.4, -0.2) is 95.9 Å². The molecule has 0 aromatic rings. The van der Waals surface area contributed by atoms with Crippen LogP contribution in [0, 0.1) is 0 Å². The lowest BCUT2D eigenvalue weighted by molar-refractivity contribution is -0.161. The second kappa shape index (κ2) is 83.8. The Kier molecular flexibility index (Phi) is 79.6. The van der Waals surface area contributed by atoms with Gasteiger partial charge in [0.15, 0.2) is 6.10 Å². The Labute approximate surface area is 674 Å². The van der Waals surface area contributed by atoms with E-state index in [1.165, 1.54) is 38.5 Å². The van der Waals surface area contributed by atoms with Gasteiger partial charge in [0.2, 0.25) is 0 Å². The number of hydrogen-bond donors (Lipinski definition) is 4. The minimum absolute atomic E-state index is 0.0794. The number of esters is 3. The number of rotatable bonds is 79. The number of carbonyl (C=O) groups is 3. The molecule has 0 aromatic heterocycles. The van der Waals surface area contributed by atoms with E-state index in [1.54, 1.807) is 0 Å². The highest BCUT2D eigenvalue weighted by Crippen LogP contribution is 2.45. The van der Waals surface area contributed by atoms with Gasteiger partial charge in [-0.25, -0.2) is 9.13 Å². The van der Waals surface area contributed by atoms with E-state index in [-0.39, 0.29) is 19.3 Å². The molecule has 0 spiro atoms. The minimum Gasteiger partial charge on any atom is -0.463 e. The van der Waals surface area contributed by atoms with Crippen LogP contribution in [0.15, 0.2) is 194 Å². The fourth-order valence-electron chi connectivity index (χ4n) is 10.9. The van der Waals surface area contributed by atoms with Crippen LogP contribution in [0.1, 0.15) is 316 Å². The number of hydrogen-bond acceptors (Lipinski definition) is 14. The second-order valence-corrected chi connectivity index (χ2v) is 30.7. The Bertz CT molecular complexity index is 2800. The normalized spacial score (nSPS) is 14.8. The number of unbranched alkanes of at least 4 members (excludes halogenated alkanes) is 24. The van der Waals surface area contributed by atoms with E-state index in [0.717, 1.165) is 218 Å². The summed E-state index contributed by atoms with van der Waals surface area (Å²) in [6.07, 6.45) is 110. The van der Waals surface area contributed by atoms with Crippen LogP contribution in [0.25, 0.3) is 0 Å². The van der Waals surface area contributed by atoms with Crippen molar-refractivity contribution in [2.45, 2.75) is 334 Å². The molecule has 0 bridgehead atoms. The zero-order valence-corrected chi connectivity index (χ0v) is 70.8. The number of aliphatic hydroxyl groups is 2. The molecule has 16 nitrogen and oxygen atoms in total. The van der Waals surface area contributed by atoms with Gasteiger partial charge in [0.1, 0.15) is 25.4 Å². The van der Waals surface area contributed by atoms with E-state index in [4.69, 9.17) is 32.3 Å². The van der Waals surface area contributed by atoms with Gasteiger partial charge < -0.3 is 34.2 Å². The Morgan fingerprint density at radius 2 is 0.450 bits per heavy atom. The topological polar surface area (TPSA) is 231 Å². The molecule has 0 aliphatic rings. The number of ether oxygens (including phenoxy) is 3. The van der Waals surface area contributed by atoms with E-state index in [9.17, 15) is 43.5 Å². The fraction of sp³-hybridized carbons (Fsp3) is 0.624. The van der Waals surface area contributed by atoms with Crippen molar-refractivity contribution in [3.8, 4) is 0 Å². The van der Waals surface area contributed by atoms with Gasteiger partial charge in [-0.15, -0.1) is 0 Å². The molecule has 0 aliphatic heterocycles. The predicted molar refractivity (Wildman–Crippen MR) is 463 cm³/mol. The third-order valence-electron chi connectivity index (χ3n) is 17.3. The lowest BCUT2D eigenvalue weighted by atomic mass is 10.1. The van der Waals surface area contributed by atoms with Crippen molar-refractivity contribution in [1.82, 2.24) is 0 Å². The van der Waals surface area contributed by atoms with Crippen LogP contribution in [0.5, 0.6) is 0 Å². The summed E-state index contributed by atoms with van der Waals surface area (Å²) >= 11 is 0. The summed E-state index contributed by atoms with van der Waals surface area (Å²) in [5, 5.41) is 20.7. The van der Waals surface area contributed by atoms with Crippen molar-refractivity contribution < 1.29 is 75.8 Å². The first-order valence-electron chi connectivity index (χ1n) is 42.7. The first-order valence-corrected chi connectivity index (χ1v) is 45.7. The molecule has 0 radical (unpaired) electrons. The van der Waals surface area contributed by atoms with Crippen molar-refractivity contribution in [3.05, 3.63) is 194 Å². The Balaban J connectivity index is 4.65. The maximum Gasteiger partial charge on any atom is 0.472 e. The van der Waals surface area contributed by atoms with E-state index in [0.29, 0.717) is 19.3 Å². The van der Waals surface area contributed by atoms with Gasteiger partial charge in [-0.1, -0.05) is 331 Å². The molecular weight excluding hydrogens is 1430 g/mol. The molecule has 18 heteroatoms.